The fourth-order valence-electron chi connectivity index (χ4n) is 1.49. The van der Waals surface area contributed by atoms with Gasteiger partial charge in [0.05, 0.1) is 11.4 Å². The topological polar surface area (TPSA) is 62.0 Å². The number of carbonyl (C=O) groups is 1. The molecule has 0 atom stereocenters. The third-order valence-corrected chi connectivity index (χ3v) is 2.41. The van der Waals surface area contributed by atoms with Crippen molar-refractivity contribution in [2.24, 2.45) is 10.2 Å². The van der Waals surface area contributed by atoms with Gasteiger partial charge in [0.15, 0.2) is 5.78 Å². The van der Waals surface area contributed by atoms with E-state index in [4.69, 9.17) is 5.11 Å². The van der Waals surface area contributed by atoms with E-state index in [0.717, 1.165) is 0 Å². The summed E-state index contributed by atoms with van der Waals surface area (Å²) in [7, 11) is 0. The Kier molecular flexibility index (Phi) is 3.48. The van der Waals surface area contributed by atoms with Gasteiger partial charge in [-0.3, -0.25) is 4.79 Å². The molecule has 0 spiro atoms. The first kappa shape index (κ1) is 12.0. The van der Waals surface area contributed by atoms with Gasteiger partial charge < -0.3 is 5.11 Å². The molecule has 90 valence electrons. The van der Waals surface area contributed by atoms with Crippen molar-refractivity contribution in [3.63, 3.8) is 0 Å². The molecule has 0 unspecified atom stereocenters. The molecular formula is C14H12N2O2. The van der Waals surface area contributed by atoms with Gasteiger partial charge in [0.1, 0.15) is 5.75 Å². The Balaban J connectivity index is 2.29. The minimum atomic E-state index is -0.0461. The van der Waals surface area contributed by atoms with Crippen LogP contribution in [-0.2, 0) is 0 Å². The molecule has 0 aliphatic heterocycles. The summed E-state index contributed by atoms with van der Waals surface area (Å²) in [6.07, 6.45) is 0. The van der Waals surface area contributed by atoms with E-state index in [1.54, 1.807) is 36.4 Å². The lowest BCUT2D eigenvalue weighted by Gasteiger charge is -1.99. The van der Waals surface area contributed by atoms with Crippen LogP contribution in [0, 0.1) is 0 Å². The normalized spacial score (nSPS) is 10.7. The average Bonchev–Trinajstić information content (AvgIpc) is 2.38. The molecule has 0 aliphatic carbocycles. The van der Waals surface area contributed by atoms with Crippen LogP contribution in [0.15, 0.2) is 58.8 Å². The second-order valence-corrected chi connectivity index (χ2v) is 3.79. The fraction of sp³-hybridized carbons (Fsp3) is 0.0714. The average molecular weight is 240 g/mol. The maximum atomic E-state index is 11.4. The predicted molar refractivity (Wildman–Crippen MR) is 68.7 cm³/mol. The van der Waals surface area contributed by atoms with E-state index >= 15 is 0 Å². The van der Waals surface area contributed by atoms with Crippen molar-refractivity contribution in [1.29, 1.82) is 0 Å². The number of hydrogen-bond acceptors (Lipinski definition) is 4. The Morgan fingerprint density at radius 1 is 1.00 bits per heavy atom. The summed E-state index contributed by atoms with van der Waals surface area (Å²) in [6.45, 7) is 1.49. The van der Waals surface area contributed by atoms with Crippen molar-refractivity contribution in [3.05, 3.63) is 54.1 Å². The maximum absolute atomic E-state index is 11.4. The Bertz CT molecular complexity index is 589. The van der Waals surface area contributed by atoms with Crippen LogP contribution in [0.2, 0.25) is 0 Å². The number of nitrogens with zero attached hydrogens (tertiary/aromatic N) is 2. The van der Waals surface area contributed by atoms with Crippen LogP contribution in [-0.4, -0.2) is 10.9 Å². The molecule has 1 N–H and O–H groups in total. The van der Waals surface area contributed by atoms with Crippen molar-refractivity contribution in [1.82, 2.24) is 0 Å². The van der Waals surface area contributed by atoms with Gasteiger partial charge in [0.2, 0.25) is 0 Å². The van der Waals surface area contributed by atoms with Gasteiger partial charge >= 0.3 is 0 Å². The first-order valence-corrected chi connectivity index (χ1v) is 5.47. The van der Waals surface area contributed by atoms with E-state index in [9.17, 15) is 4.79 Å². The zero-order valence-corrected chi connectivity index (χ0v) is 9.87. The van der Waals surface area contributed by atoms with Gasteiger partial charge in [-0.05, 0) is 43.3 Å². The summed E-state index contributed by atoms with van der Waals surface area (Å²) in [5, 5.41) is 17.2. The molecule has 0 amide bonds. The fourth-order valence-corrected chi connectivity index (χ4v) is 1.49. The number of carbonyl (C=O) groups excluding carboxylic acids is 1. The molecule has 0 aromatic heterocycles. The van der Waals surface area contributed by atoms with Crippen LogP contribution in [0.25, 0.3) is 0 Å². The second-order valence-electron chi connectivity index (χ2n) is 3.79. The Morgan fingerprint density at radius 3 is 2.33 bits per heavy atom. The quantitative estimate of drug-likeness (QED) is 0.650. The highest BCUT2D eigenvalue weighted by molar-refractivity contribution is 5.98. The standard InChI is InChI=1S/C14H12N2O2/c1-10(17)13-4-2-3-5-14(13)16-15-11-6-8-12(18)9-7-11/h2-9,18H,1H3/b16-15+. The zero-order chi connectivity index (χ0) is 13.0. The molecule has 4 nitrogen and oxygen atoms in total. The van der Waals surface area contributed by atoms with Gasteiger partial charge in [-0.15, -0.1) is 5.11 Å². The van der Waals surface area contributed by atoms with Crippen LogP contribution in [0.4, 0.5) is 11.4 Å². The van der Waals surface area contributed by atoms with Crippen molar-refractivity contribution >= 4 is 17.2 Å². The van der Waals surface area contributed by atoms with E-state index in [1.807, 2.05) is 0 Å². The number of rotatable bonds is 3. The molecule has 18 heavy (non-hydrogen) atoms. The van der Waals surface area contributed by atoms with Gasteiger partial charge in [0.25, 0.3) is 0 Å². The predicted octanol–water partition coefficient (Wildman–Crippen LogP) is 4.01. The lowest BCUT2D eigenvalue weighted by Crippen LogP contribution is -1.90. The Morgan fingerprint density at radius 2 is 1.67 bits per heavy atom. The van der Waals surface area contributed by atoms with Crippen LogP contribution in [0.5, 0.6) is 5.75 Å². The van der Waals surface area contributed by atoms with Crippen molar-refractivity contribution in [2.45, 2.75) is 6.92 Å². The van der Waals surface area contributed by atoms with E-state index in [-0.39, 0.29) is 11.5 Å². The number of phenolic OH excluding ortho intramolecular Hbond substituents is 1. The third kappa shape index (κ3) is 2.79. The van der Waals surface area contributed by atoms with Crippen molar-refractivity contribution in [2.75, 3.05) is 0 Å². The zero-order valence-electron chi connectivity index (χ0n) is 9.87. The van der Waals surface area contributed by atoms with Crippen LogP contribution < -0.4 is 0 Å². The van der Waals surface area contributed by atoms with Crippen LogP contribution >= 0.6 is 0 Å². The molecule has 0 fully saturated rings. The first-order chi connectivity index (χ1) is 8.66. The summed E-state index contributed by atoms with van der Waals surface area (Å²) >= 11 is 0. The molecule has 0 heterocycles. The van der Waals surface area contributed by atoms with Gasteiger partial charge in [0, 0.05) is 5.56 Å². The highest BCUT2D eigenvalue weighted by atomic mass is 16.3. The first-order valence-electron chi connectivity index (χ1n) is 5.47. The van der Waals surface area contributed by atoms with E-state index in [2.05, 4.69) is 10.2 Å². The Labute approximate surface area is 105 Å². The molecule has 0 bridgehead atoms. The number of aromatic hydroxyl groups is 1. The summed E-state index contributed by atoms with van der Waals surface area (Å²) < 4.78 is 0. The summed E-state index contributed by atoms with van der Waals surface area (Å²) in [4.78, 5) is 11.4. The summed E-state index contributed by atoms with van der Waals surface area (Å²) in [6, 6.07) is 13.4. The highest BCUT2D eigenvalue weighted by Crippen LogP contribution is 2.23. The van der Waals surface area contributed by atoms with Gasteiger partial charge in [-0.25, -0.2) is 0 Å². The van der Waals surface area contributed by atoms with Gasteiger partial charge in [-0.1, -0.05) is 12.1 Å². The van der Waals surface area contributed by atoms with Crippen LogP contribution in [0.1, 0.15) is 17.3 Å². The SMILES string of the molecule is CC(=O)c1ccccc1/N=N/c1ccc(O)cc1. The van der Waals surface area contributed by atoms with Crippen molar-refractivity contribution < 1.29 is 9.90 Å². The molecule has 2 aromatic rings. The summed E-state index contributed by atoms with van der Waals surface area (Å²) in [5.41, 5.74) is 1.70. The number of hydrogen-bond donors (Lipinski definition) is 1. The van der Waals surface area contributed by atoms with Crippen molar-refractivity contribution in [3.8, 4) is 5.75 Å². The maximum Gasteiger partial charge on any atom is 0.162 e. The van der Waals surface area contributed by atoms with E-state index < -0.39 is 0 Å². The number of ketones is 1. The molecule has 0 saturated heterocycles. The van der Waals surface area contributed by atoms with Gasteiger partial charge in [-0.2, -0.15) is 5.11 Å². The molecule has 4 heteroatoms. The monoisotopic (exact) mass is 240 g/mol. The molecule has 2 rings (SSSR count). The molecule has 0 aliphatic rings. The molecule has 0 radical (unpaired) electrons. The second kappa shape index (κ2) is 5.23. The van der Waals surface area contributed by atoms with Crippen LogP contribution in [0.3, 0.4) is 0 Å². The minimum Gasteiger partial charge on any atom is -0.508 e. The molecule has 0 saturated carbocycles. The smallest absolute Gasteiger partial charge is 0.162 e. The van der Waals surface area contributed by atoms with E-state index in [1.165, 1.54) is 19.1 Å². The molecular weight excluding hydrogens is 228 g/mol. The largest absolute Gasteiger partial charge is 0.508 e. The van der Waals surface area contributed by atoms with E-state index in [0.29, 0.717) is 16.9 Å². The molecule has 2 aromatic carbocycles. The number of benzene rings is 2. The minimum absolute atomic E-state index is 0.0461. The number of azo groups is 1. The lowest BCUT2D eigenvalue weighted by molar-refractivity contribution is 0.101. The Hall–Kier alpha value is -2.49. The summed E-state index contributed by atoms with van der Waals surface area (Å²) in [5.74, 6) is 0.133. The highest BCUT2D eigenvalue weighted by Gasteiger charge is 2.04. The number of Topliss-reactive ketones (excluding diaryl/α,β-unsaturated/α-hetero) is 1. The number of phenols is 1. The third-order valence-electron chi connectivity index (χ3n) is 2.41. The lowest BCUT2D eigenvalue weighted by atomic mass is 10.1.